The maximum atomic E-state index is 11.1. The number of ether oxygens (including phenoxy) is 7. The van der Waals surface area contributed by atoms with Gasteiger partial charge in [-0.25, -0.2) is 0 Å². The Kier molecular flexibility index (Phi) is 12.3. The zero-order chi connectivity index (χ0) is 32.6. The summed E-state index contributed by atoms with van der Waals surface area (Å²) in [6, 6.07) is 0. The molecule has 4 heterocycles. The second-order valence-electron chi connectivity index (χ2n) is 11.2. The molecular weight excluding hydrogens is 608 g/mol. The van der Waals surface area contributed by atoms with E-state index < -0.39 is 143 Å². The van der Waals surface area contributed by atoms with Gasteiger partial charge in [-0.05, 0) is 6.92 Å². The van der Waals surface area contributed by atoms with Crippen molar-refractivity contribution in [3.05, 3.63) is 0 Å². The van der Waals surface area contributed by atoms with Crippen LogP contribution in [0.4, 0.5) is 0 Å². The first-order chi connectivity index (χ1) is 20.7. The molecule has 0 aromatic carbocycles. The average Bonchev–Trinajstić information content (AvgIpc) is 3.00. The van der Waals surface area contributed by atoms with Crippen LogP contribution in [0.1, 0.15) is 6.92 Å². The van der Waals surface area contributed by atoms with Gasteiger partial charge in [0.05, 0.1) is 25.9 Å². The molecule has 20 heteroatoms. The molecule has 0 bridgehead atoms. The standard InChI is InChI=1S/C24H42O20/c1-5-9(26)13(30)18(35)24(40-5)44-20-12(29)8(4-38-22-17(34)15(32)10(27)6(2-25)42-22)43-23(19(20)36)39-3-7-11(28)14(31)16(33)21(37)41-7/h5-37H,2-4H2,1H3/t5-,6+,7+,8+,9+,10-,11-,12-,13+,14-,15-,16+,17+,18-,19+,20-,21+,22+,23+,24-/m0/s1. The summed E-state index contributed by atoms with van der Waals surface area (Å²) >= 11 is 0. The van der Waals surface area contributed by atoms with E-state index in [4.69, 9.17) is 33.2 Å². The van der Waals surface area contributed by atoms with Crippen LogP contribution >= 0.6 is 0 Å². The lowest BCUT2D eigenvalue weighted by atomic mass is 9.96. The van der Waals surface area contributed by atoms with Crippen molar-refractivity contribution in [3.8, 4) is 0 Å². The molecule has 20 nitrogen and oxygen atoms in total. The molecule has 0 spiro atoms. The van der Waals surface area contributed by atoms with Gasteiger partial charge >= 0.3 is 0 Å². The summed E-state index contributed by atoms with van der Waals surface area (Å²) in [7, 11) is 0. The van der Waals surface area contributed by atoms with Gasteiger partial charge in [0, 0.05) is 0 Å². The van der Waals surface area contributed by atoms with Gasteiger partial charge in [0.25, 0.3) is 0 Å². The molecule has 0 radical (unpaired) electrons. The summed E-state index contributed by atoms with van der Waals surface area (Å²) in [5.74, 6) is 0. The maximum Gasteiger partial charge on any atom is 0.187 e. The minimum atomic E-state index is -1.90. The predicted molar refractivity (Wildman–Crippen MR) is 132 cm³/mol. The molecule has 0 unspecified atom stereocenters. The Labute approximate surface area is 249 Å². The van der Waals surface area contributed by atoms with Gasteiger partial charge in [-0.3, -0.25) is 0 Å². The Hall–Kier alpha value is -0.800. The van der Waals surface area contributed by atoms with Gasteiger partial charge in [-0.1, -0.05) is 0 Å². The van der Waals surface area contributed by atoms with Crippen molar-refractivity contribution in [2.45, 2.75) is 130 Å². The molecule has 0 aliphatic carbocycles. The first kappa shape index (κ1) is 36.0. The molecule has 0 aromatic rings. The van der Waals surface area contributed by atoms with Crippen molar-refractivity contribution < 1.29 is 99.5 Å². The van der Waals surface area contributed by atoms with Gasteiger partial charge in [0.1, 0.15) is 91.6 Å². The minimum absolute atomic E-state index is 0.669. The number of rotatable bonds is 9. The van der Waals surface area contributed by atoms with E-state index in [9.17, 15) is 66.4 Å². The molecule has 4 aliphatic heterocycles. The second kappa shape index (κ2) is 15.0. The summed E-state index contributed by atoms with van der Waals surface area (Å²) in [6.45, 7) is -0.722. The average molecular weight is 651 g/mol. The van der Waals surface area contributed by atoms with Gasteiger partial charge in [-0.2, -0.15) is 0 Å². The van der Waals surface area contributed by atoms with E-state index in [0.29, 0.717) is 0 Å². The molecule has 0 saturated carbocycles. The third kappa shape index (κ3) is 7.35. The molecule has 0 aromatic heterocycles. The number of aliphatic hydroxyl groups excluding tert-OH is 13. The highest BCUT2D eigenvalue weighted by atomic mass is 16.8. The van der Waals surface area contributed by atoms with E-state index in [1.165, 1.54) is 6.92 Å². The molecule has 0 amide bonds. The Morgan fingerprint density at radius 2 is 0.932 bits per heavy atom. The summed E-state index contributed by atoms with van der Waals surface area (Å²) in [5, 5.41) is 132. The highest BCUT2D eigenvalue weighted by molar-refractivity contribution is 4.95. The van der Waals surface area contributed by atoms with Crippen LogP contribution in [0.2, 0.25) is 0 Å². The predicted octanol–water partition coefficient (Wildman–Crippen LogP) is -8.72. The highest BCUT2D eigenvalue weighted by Gasteiger charge is 2.52. The van der Waals surface area contributed by atoms with Crippen LogP contribution in [0.5, 0.6) is 0 Å². The van der Waals surface area contributed by atoms with Crippen LogP contribution in [0.15, 0.2) is 0 Å². The maximum absolute atomic E-state index is 11.1. The lowest BCUT2D eigenvalue weighted by molar-refractivity contribution is -0.368. The molecule has 44 heavy (non-hydrogen) atoms. The minimum Gasteiger partial charge on any atom is -0.394 e. The van der Waals surface area contributed by atoms with Crippen LogP contribution in [0.25, 0.3) is 0 Å². The fourth-order valence-electron chi connectivity index (χ4n) is 5.27. The summed E-state index contributed by atoms with van der Waals surface area (Å²) in [4.78, 5) is 0. The van der Waals surface area contributed by atoms with E-state index in [-0.39, 0.29) is 0 Å². The van der Waals surface area contributed by atoms with Crippen molar-refractivity contribution in [2.75, 3.05) is 19.8 Å². The Balaban J connectivity index is 1.49. The Bertz CT molecular complexity index is 900. The van der Waals surface area contributed by atoms with Crippen molar-refractivity contribution in [1.29, 1.82) is 0 Å². The van der Waals surface area contributed by atoms with E-state index in [2.05, 4.69) is 0 Å². The summed E-state index contributed by atoms with van der Waals surface area (Å²) in [5.41, 5.74) is 0. The Morgan fingerprint density at radius 3 is 1.55 bits per heavy atom. The Morgan fingerprint density at radius 1 is 0.455 bits per heavy atom. The quantitative estimate of drug-likeness (QED) is 0.110. The van der Waals surface area contributed by atoms with E-state index >= 15 is 0 Å². The molecule has 13 N–H and O–H groups in total. The number of hydrogen-bond donors (Lipinski definition) is 13. The van der Waals surface area contributed by atoms with Crippen LogP contribution in [-0.2, 0) is 33.2 Å². The SMILES string of the molecule is C[C@@H]1O[C@@H](O[C@H]2[C@@H](O)[C@@H](CO[C@@H]3O[C@H](CO)[C@H](O)[C@H](O)[C@H]3O)O[C@@H](OC[C@H]3O[C@@H](O)[C@H](O)[C@@H](O)[C@H]3O)[C@@H]2O)[C@@H](O)[C@H](O)[C@@H]1O. The molecular formula is C24H42O20. The first-order valence-electron chi connectivity index (χ1n) is 14.0. The molecule has 20 atom stereocenters. The fourth-order valence-corrected chi connectivity index (χ4v) is 5.27. The summed E-state index contributed by atoms with van der Waals surface area (Å²) < 4.78 is 37.9. The van der Waals surface area contributed by atoms with Gasteiger partial charge in [-0.15, -0.1) is 0 Å². The van der Waals surface area contributed by atoms with Gasteiger partial charge in [0.2, 0.25) is 0 Å². The first-order valence-corrected chi connectivity index (χ1v) is 14.0. The number of hydrogen-bond acceptors (Lipinski definition) is 20. The second-order valence-corrected chi connectivity index (χ2v) is 11.2. The zero-order valence-corrected chi connectivity index (χ0v) is 23.3. The monoisotopic (exact) mass is 650 g/mol. The van der Waals surface area contributed by atoms with Gasteiger partial charge < -0.3 is 99.5 Å². The molecule has 4 aliphatic rings. The van der Waals surface area contributed by atoms with Crippen molar-refractivity contribution in [1.82, 2.24) is 0 Å². The van der Waals surface area contributed by atoms with Crippen molar-refractivity contribution >= 4 is 0 Å². The molecule has 258 valence electrons. The lowest BCUT2D eigenvalue weighted by Gasteiger charge is -2.46. The largest absolute Gasteiger partial charge is 0.394 e. The van der Waals surface area contributed by atoms with Crippen LogP contribution < -0.4 is 0 Å². The molecule has 4 saturated heterocycles. The van der Waals surface area contributed by atoms with Crippen molar-refractivity contribution in [2.24, 2.45) is 0 Å². The third-order valence-corrected chi connectivity index (χ3v) is 8.13. The van der Waals surface area contributed by atoms with E-state index in [1.54, 1.807) is 0 Å². The smallest absolute Gasteiger partial charge is 0.187 e. The number of aliphatic hydroxyl groups is 13. The van der Waals surface area contributed by atoms with Gasteiger partial charge in [0.15, 0.2) is 25.2 Å². The molecule has 4 rings (SSSR count). The summed E-state index contributed by atoms with van der Waals surface area (Å²) in [6.07, 6.45) is -33.5. The lowest BCUT2D eigenvalue weighted by Crippen LogP contribution is -2.65. The fraction of sp³-hybridized carbons (Fsp3) is 1.00. The third-order valence-electron chi connectivity index (χ3n) is 8.13. The van der Waals surface area contributed by atoms with E-state index in [1.807, 2.05) is 0 Å². The van der Waals surface area contributed by atoms with Crippen molar-refractivity contribution in [3.63, 3.8) is 0 Å². The molecule has 4 fully saturated rings. The zero-order valence-electron chi connectivity index (χ0n) is 23.3. The van der Waals surface area contributed by atoms with Crippen LogP contribution in [0, 0.1) is 0 Å². The van der Waals surface area contributed by atoms with Crippen LogP contribution in [0.3, 0.4) is 0 Å². The van der Waals surface area contributed by atoms with Crippen LogP contribution in [-0.4, -0.2) is 209 Å². The highest BCUT2D eigenvalue weighted by Crippen LogP contribution is 2.31. The normalized spacial score (nSPS) is 53.9. The van der Waals surface area contributed by atoms with E-state index in [0.717, 1.165) is 0 Å². The topological polar surface area (TPSA) is 328 Å².